The van der Waals surface area contributed by atoms with Gasteiger partial charge in [0.05, 0.1) is 103 Å². The second-order valence-electron chi connectivity index (χ2n) is 17.0. The molecule has 3 saturated heterocycles. The molecule has 3 aliphatic heterocycles. The van der Waals surface area contributed by atoms with Crippen molar-refractivity contribution in [2.45, 2.75) is 90.5 Å². The molecule has 2 bridgehead atoms. The van der Waals surface area contributed by atoms with Crippen LogP contribution in [0.1, 0.15) is 71.3 Å². The molecule has 6 atom stereocenters. The van der Waals surface area contributed by atoms with Gasteiger partial charge in [0.2, 0.25) is 17.7 Å². The second kappa shape index (κ2) is 24.2. The third-order valence-electron chi connectivity index (χ3n) is 11.8. The lowest BCUT2D eigenvalue weighted by Gasteiger charge is -2.43. The Kier molecular flexibility index (Phi) is 19.5. The molecule has 6 N–H and O–H groups in total. The Hall–Kier alpha value is -4.49. The monoisotopic (exact) mass is 859 g/mol. The predicted molar refractivity (Wildman–Crippen MR) is 223 cm³/mol. The van der Waals surface area contributed by atoms with E-state index < -0.39 is 35.8 Å². The number of likely N-dealkylation sites (N-methyl/N-ethyl adjacent to an activating group) is 1. The zero-order valence-electron chi connectivity index (χ0n) is 36.2. The number of rotatable bonds is 27. The van der Waals surface area contributed by atoms with Gasteiger partial charge in [-0.1, -0.05) is 26.0 Å². The van der Waals surface area contributed by atoms with Crippen molar-refractivity contribution >= 4 is 47.0 Å². The summed E-state index contributed by atoms with van der Waals surface area (Å²) in [5, 5.41) is 18.1. The Balaban J connectivity index is 1.24. The molecular formula is C43H67N6O12+. The molecule has 0 radical (unpaired) electrons. The lowest BCUT2D eigenvalue weighted by atomic mass is 9.78. The number of benzene rings is 1. The van der Waals surface area contributed by atoms with Gasteiger partial charge in [-0.15, -0.1) is 0 Å². The quantitative estimate of drug-likeness (QED) is 0.0630. The van der Waals surface area contributed by atoms with E-state index in [1.54, 1.807) is 4.90 Å². The number of quaternary nitrogens is 1. The van der Waals surface area contributed by atoms with E-state index in [-0.39, 0.29) is 86.4 Å². The molecule has 18 heteroatoms. The predicted octanol–water partition coefficient (Wildman–Crippen LogP) is 1.88. The number of piperazine rings is 1. The molecule has 61 heavy (non-hydrogen) atoms. The number of nitrogens with one attached hydrogen (secondary N) is 3. The number of primary amides is 1. The number of ketones is 2. The van der Waals surface area contributed by atoms with Gasteiger partial charge in [0.15, 0.2) is 5.78 Å². The van der Waals surface area contributed by atoms with E-state index >= 15 is 0 Å². The molecule has 3 aliphatic rings. The van der Waals surface area contributed by atoms with E-state index in [0.717, 1.165) is 5.56 Å². The Bertz CT molecular complexity index is 1650. The van der Waals surface area contributed by atoms with Gasteiger partial charge in [0, 0.05) is 43.0 Å². The number of ether oxygens (including phenoxy) is 4. The summed E-state index contributed by atoms with van der Waals surface area (Å²) < 4.78 is 22.7. The number of amides is 5. The third-order valence-corrected chi connectivity index (χ3v) is 11.8. The van der Waals surface area contributed by atoms with Crippen molar-refractivity contribution in [2.75, 3.05) is 84.7 Å². The summed E-state index contributed by atoms with van der Waals surface area (Å²) in [7, 11) is 2.13. The maximum absolute atomic E-state index is 13.7. The lowest BCUT2D eigenvalue weighted by molar-refractivity contribution is -0.926. The molecule has 0 aliphatic carbocycles. The first-order chi connectivity index (χ1) is 29.1. The van der Waals surface area contributed by atoms with Crippen molar-refractivity contribution in [1.82, 2.24) is 15.5 Å². The highest BCUT2D eigenvalue weighted by Crippen LogP contribution is 2.44. The number of fused-ring (bicyclic) bond motifs is 2. The summed E-state index contributed by atoms with van der Waals surface area (Å²) in [5.41, 5.74) is 6.81. The Morgan fingerprint density at radius 2 is 1.48 bits per heavy atom. The smallest absolute Gasteiger partial charge is 0.312 e. The standard InChI is InChI=1S/C43H66N6O12/c1-28(2)39(47-36(52)14-21-59-23-25-60-24-22-58-20-13-29(3)50)33(51)26-31(6-5-15-45-43(44)57)40(53)46-32-9-7-30(8-10-32)27-49(4)18-16-48(17-19-49)41(54)37-34-11-12-35(61-34)38(37)42(55)56/h7-10,28,31,34-35,37-39H,5-6,11-27H2,1-4H3,(H5-,44,45,46,47,52,53,55,56,57)/p+1/t31-,34?,35?,37?,38?,39+/m1/s1. The normalized spacial score (nSPS) is 21.4. The first-order valence-corrected chi connectivity index (χ1v) is 21.6. The number of carboxylic acid groups (broad SMARTS) is 1. The maximum Gasteiger partial charge on any atom is 0.312 e. The molecule has 0 aromatic heterocycles. The topological polar surface area (TPSA) is 242 Å². The Morgan fingerprint density at radius 3 is 2.05 bits per heavy atom. The van der Waals surface area contributed by atoms with Crippen molar-refractivity contribution in [2.24, 2.45) is 29.4 Å². The van der Waals surface area contributed by atoms with E-state index in [9.17, 15) is 38.7 Å². The number of urea groups is 1. The largest absolute Gasteiger partial charge is 0.481 e. The van der Waals surface area contributed by atoms with Gasteiger partial charge in [-0.25, -0.2) is 4.79 Å². The highest BCUT2D eigenvalue weighted by Gasteiger charge is 2.56. The van der Waals surface area contributed by atoms with E-state index in [4.69, 9.17) is 24.7 Å². The van der Waals surface area contributed by atoms with Crippen LogP contribution in [0.2, 0.25) is 0 Å². The van der Waals surface area contributed by atoms with Crippen LogP contribution in [-0.2, 0) is 54.3 Å². The van der Waals surface area contributed by atoms with E-state index in [0.29, 0.717) is 95.0 Å². The molecule has 4 rings (SSSR count). The van der Waals surface area contributed by atoms with Crippen molar-refractivity contribution < 1.29 is 62.1 Å². The number of hydrogen-bond donors (Lipinski definition) is 5. The van der Waals surface area contributed by atoms with Crippen molar-refractivity contribution in [3.05, 3.63) is 29.8 Å². The molecule has 3 fully saturated rings. The number of Topliss-reactive ketones (excluding diaryl/α,β-unsaturated/α-hetero) is 2. The van der Waals surface area contributed by atoms with Crippen molar-refractivity contribution in [1.29, 1.82) is 0 Å². The zero-order chi connectivity index (χ0) is 44.5. The summed E-state index contributed by atoms with van der Waals surface area (Å²) in [6.45, 7) is 10.3. The fourth-order valence-corrected chi connectivity index (χ4v) is 8.26. The van der Waals surface area contributed by atoms with Crippen molar-refractivity contribution in [3.63, 3.8) is 0 Å². The van der Waals surface area contributed by atoms with Gasteiger partial charge < -0.3 is 55.1 Å². The summed E-state index contributed by atoms with van der Waals surface area (Å²) in [6.07, 6.45) is 1.65. The minimum absolute atomic E-state index is 0.0332. The number of hydrogen-bond acceptors (Lipinski definition) is 11. The summed E-state index contributed by atoms with van der Waals surface area (Å²) in [5.74, 6) is -4.44. The highest BCUT2D eigenvalue weighted by atomic mass is 16.5. The molecule has 5 amide bonds. The average molecular weight is 860 g/mol. The third kappa shape index (κ3) is 15.7. The molecule has 18 nitrogen and oxygen atoms in total. The van der Waals surface area contributed by atoms with Crippen LogP contribution in [0.25, 0.3) is 0 Å². The minimum atomic E-state index is -0.967. The molecule has 1 aromatic rings. The van der Waals surface area contributed by atoms with Crippen LogP contribution >= 0.6 is 0 Å². The number of anilines is 1. The van der Waals surface area contributed by atoms with Gasteiger partial charge in [-0.2, -0.15) is 0 Å². The van der Waals surface area contributed by atoms with Crippen LogP contribution in [0.4, 0.5) is 10.5 Å². The van der Waals surface area contributed by atoms with Crippen LogP contribution < -0.4 is 21.7 Å². The Labute approximate surface area is 358 Å². The number of nitrogens with zero attached hydrogens (tertiary/aromatic N) is 2. The van der Waals surface area contributed by atoms with Crippen LogP contribution in [0.15, 0.2) is 24.3 Å². The molecule has 340 valence electrons. The lowest BCUT2D eigenvalue weighted by Crippen LogP contribution is -2.59. The maximum atomic E-state index is 13.7. The molecule has 0 spiro atoms. The van der Waals surface area contributed by atoms with E-state index in [1.165, 1.54) is 6.92 Å². The second-order valence-corrected chi connectivity index (χ2v) is 17.0. The number of aliphatic carboxylic acids is 1. The van der Waals surface area contributed by atoms with Gasteiger partial charge >= 0.3 is 12.0 Å². The van der Waals surface area contributed by atoms with Gasteiger partial charge in [-0.3, -0.25) is 28.8 Å². The van der Waals surface area contributed by atoms with Gasteiger partial charge in [0.25, 0.3) is 0 Å². The van der Waals surface area contributed by atoms with E-state index in [1.807, 2.05) is 38.1 Å². The number of nitrogens with two attached hydrogens (primary N) is 1. The zero-order valence-corrected chi connectivity index (χ0v) is 36.2. The number of carboxylic acids is 1. The Morgan fingerprint density at radius 1 is 0.885 bits per heavy atom. The summed E-state index contributed by atoms with van der Waals surface area (Å²) in [4.78, 5) is 89.6. The molecule has 3 heterocycles. The SMILES string of the molecule is CC(=O)CCOCCOCCOCCC(=O)N[C@H](C(=O)C[C@@H](CCCNC(N)=O)C(=O)Nc1ccc(C[N+]2(C)CCN(C(=O)C3C4CCC(O4)C3C(=O)O)CC2)cc1)C(C)C. The highest BCUT2D eigenvalue weighted by molar-refractivity contribution is 5.97. The van der Waals surface area contributed by atoms with Crippen molar-refractivity contribution in [3.8, 4) is 0 Å². The minimum Gasteiger partial charge on any atom is -0.481 e. The van der Waals surface area contributed by atoms with Crippen LogP contribution in [-0.4, -0.2) is 153 Å². The number of carbonyl (C=O) groups excluding carboxylic acids is 6. The fourth-order valence-electron chi connectivity index (χ4n) is 8.26. The molecular weight excluding hydrogens is 793 g/mol. The van der Waals surface area contributed by atoms with Gasteiger partial charge in [-0.05, 0) is 50.7 Å². The molecule has 4 unspecified atom stereocenters. The van der Waals surface area contributed by atoms with Gasteiger partial charge in [0.1, 0.15) is 12.3 Å². The first-order valence-electron chi connectivity index (χ1n) is 21.6. The van der Waals surface area contributed by atoms with Crippen LogP contribution in [0.5, 0.6) is 0 Å². The average Bonchev–Trinajstić information content (AvgIpc) is 3.83. The molecule has 0 saturated carbocycles. The van der Waals surface area contributed by atoms with Crippen LogP contribution in [0, 0.1) is 23.7 Å². The van der Waals surface area contributed by atoms with Crippen LogP contribution in [0.3, 0.4) is 0 Å². The fraction of sp³-hybridized carbons (Fsp3) is 0.698. The molecule has 1 aromatic carbocycles. The summed E-state index contributed by atoms with van der Waals surface area (Å²) >= 11 is 0. The van der Waals surface area contributed by atoms with E-state index in [2.05, 4.69) is 23.0 Å². The first kappa shape index (κ1) is 49.2. The number of carbonyl (C=O) groups is 7. The summed E-state index contributed by atoms with van der Waals surface area (Å²) in [6, 6.07) is 5.99.